The summed E-state index contributed by atoms with van der Waals surface area (Å²) in [5.41, 5.74) is 4.12. The fraction of sp³-hybridized carbons (Fsp3) is 0.292. The van der Waals surface area contributed by atoms with Crippen LogP contribution in [0.3, 0.4) is 0 Å². The van der Waals surface area contributed by atoms with Gasteiger partial charge in [-0.1, -0.05) is 12.1 Å². The molecule has 2 aromatic heterocycles. The van der Waals surface area contributed by atoms with E-state index in [0.717, 1.165) is 48.6 Å². The molecule has 1 atom stereocenters. The van der Waals surface area contributed by atoms with Crippen molar-refractivity contribution in [3.8, 4) is 0 Å². The molecule has 0 bridgehead atoms. The molecule has 0 spiro atoms. The molecule has 0 radical (unpaired) electrons. The van der Waals surface area contributed by atoms with Crippen LogP contribution < -0.4 is 5.32 Å². The Kier molecular flexibility index (Phi) is 5.51. The minimum Gasteiger partial charge on any atom is -0.339 e. The van der Waals surface area contributed by atoms with Crippen LogP contribution in [0.2, 0.25) is 0 Å². The van der Waals surface area contributed by atoms with Crippen LogP contribution in [-0.2, 0) is 5.75 Å². The Labute approximate surface area is 185 Å². The number of carbonyl (C=O) groups excluding carboxylic acids is 2. The van der Waals surface area contributed by atoms with E-state index in [-0.39, 0.29) is 17.2 Å². The summed E-state index contributed by atoms with van der Waals surface area (Å²) >= 11 is 1.81. The molecule has 1 fully saturated rings. The lowest BCUT2D eigenvalue weighted by Crippen LogP contribution is -2.35. The summed E-state index contributed by atoms with van der Waals surface area (Å²) in [6.45, 7) is 1.59. The minimum atomic E-state index is -0.197. The summed E-state index contributed by atoms with van der Waals surface area (Å²) in [7, 11) is 0. The Morgan fingerprint density at radius 3 is 2.68 bits per heavy atom. The second-order valence-corrected chi connectivity index (χ2v) is 8.99. The van der Waals surface area contributed by atoms with E-state index in [9.17, 15) is 9.59 Å². The number of hydrogen-bond donors (Lipinski definition) is 1. The normalized spacial score (nSPS) is 17.9. The maximum atomic E-state index is 13.0. The van der Waals surface area contributed by atoms with Gasteiger partial charge in [0.2, 0.25) is 0 Å². The standard InChI is InChI=1S/C24H24N4O2S/c29-22(17-6-4-7-18(14-17)23(30)27-11-2-1-3-12-27)26-20-9-13-28-21(20)16-31-24(28)19-8-5-10-25-15-19/h4-10,13-15,24H,1-3,11-12,16H2,(H,26,29). The quantitative estimate of drug-likeness (QED) is 0.657. The van der Waals surface area contributed by atoms with Crippen LogP contribution in [0.5, 0.6) is 0 Å². The first-order chi connectivity index (χ1) is 15.2. The smallest absolute Gasteiger partial charge is 0.255 e. The van der Waals surface area contributed by atoms with E-state index in [1.54, 1.807) is 30.5 Å². The van der Waals surface area contributed by atoms with Gasteiger partial charge >= 0.3 is 0 Å². The largest absolute Gasteiger partial charge is 0.339 e. The van der Waals surface area contributed by atoms with Gasteiger partial charge in [-0.15, -0.1) is 11.8 Å². The predicted molar refractivity (Wildman–Crippen MR) is 122 cm³/mol. The number of piperidine rings is 1. The van der Waals surface area contributed by atoms with Crippen molar-refractivity contribution in [1.82, 2.24) is 14.5 Å². The zero-order chi connectivity index (χ0) is 21.2. The second-order valence-electron chi connectivity index (χ2n) is 7.92. The SMILES string of the molecule is O=C(Nc1ccn2c1CSC2c1cccnc1)c1cccc(C(=O)N2CCCCC2)c1. The van der Waals surface area contributed by atoms with Crippen LogP contribution in [-0.4, -0.2) is 39.4 Å². The van der Waals surface area contributed by atoms with Gasteiger partial charge < -0.3 is 14.8 Å². The number of fused-ring (bicyclic) bond motifs is 1. The lowest BCUT2D eigenvalue weighted by Gasteiger charge is -2.26. The number of carbonyl (C=O) groups is 2. The Bertz CT molecular complexity index is 1110. The number of amides is 2. The third-order valence-corrected chi connectivity index (χ3v) is 7.14. The molecule has 1 saturated heterocycles. The fourth-order valence-corrected chi connectivity index (χ4v) is 5.56. The summed E-state index contributed by atoms with van der Waals surface area (Å²) in [6.07, 6.45) is 8.94. The first-order valence-corrected chi connectivity index (χ1v) is 11.7. The Morgan fingerprint density at radius 1 is 1.03 bits per heavy atom. The highest BCUT2D eigenvalue weighted by Crippen LogP contribution is 2.43. The van der Waals surface area contributed by atoms with Gasteiger partial charge in [-0.3, -0.25) is 14.6 Å². The van der Waals surface area contributed by atoms with Gasteiger partial charge in [0.15, 0.2) is 0 Å². The number of hydrogen-bond acceptors (Lipinski definition) is 4. The molecule has 1 N–H and O–H groups in total. The molecule has 1 unspecified atom stereocenters. The molecule has 7 heteroatoms. The number of nitrogens with one attached hydrogen (secondary N) is 1. The third kappa shape index (κ3) is 3.97. The molecular weight excluding hydrogens is 408 g/mol. The summed E-state index contributed by atoms with van der Waals surface area (Å²) in [5, 5.41) is 3.21. The molecule has 31 heavy (non-hydrogen) atoms. The van der Waals surface area contributed by atoms with E-state index >= 15 is 0 Å². The fourth-order valence-electron chi connectivity index (χ4n) is 4.25. The Hall–Kier alpha value is -3.06. The molecule has 2 aliphatic rings. The zero-order valence-corrected chi connectivity index (χ0v) is 18.0. The molecule has 4 heterocycles. The number of rotatable bonds is 4. The third-order valence-electron chi connectivity index (χ3n) is 5.89. The van der Waals surface area contributed by atoms with Gasteiger partial charge in [0.05, 0.1) is 11.4 Å². The van der Waals surface area contributed by atoms with Crippen LogP contribution in [0, 0.1) is 0 Å². The minimum absolute atomic E-state index is 0.00909. The number of likely N-dealkylation sites (tertiary alicyclic amines) is 1. The first kappa shape index (κ1) is 19.9. The molecule has 5 rings (SSSR count). The zero-order valence-electron chi connectivity index (χ0n) is 17.2. The molecule has 2 aliphatic heterocycles. The highest BCUT2D eigenvalue weighted by molar-refractivity contribution is 7.99. The van der Waals surface area contributed by atoms with Crippen LogP contribution in [0.25, 0.3) is 0 Å². The van der Waals surface area contributed by atoms with Gasteiger partial charge in [-0.05, 0) is 49.6 Å². The summed E-state index contributed by atoms with van der Waals surface area (Å²) in [6, 6.07) is 13.0. The summed E-state index contributed by atoms with van der Waals surface area (Å²) in [4.78, 5) is 31.9. The number of pyridine rings is 1. The van der Waals surface area contributed by atoms with Crippen molar-refractivity contribution in [3.05, 3.63) is 83.4 Å². The molecule has 0 aliphatic carbocycles. The van der Waals surface area contributed by atoms with E-state index in [2.05, 4.69) is 20.9 Å². The van der Waals surface area contributed by atoms with Gasteiger partial charge in [-0.2, -0.15) is 0 Å². The highest BCUT2D eigenvalue weighted by atomic mass is 32.2. The first-order valence-electron chi connectivity index (χ1n) is 10.6. The van der Waals surface area contributed by atoms with Crippen molar-refractivity contribution < 1.29 is 9.59 Å². The van der Waals surface area contributed by atoms with E-state index in [4.69, 9.17) is 0 Å². The molecule has 2 amide bonds. The molecule has 1 aromatic carbocycles. The van der Waals surface area contributed by atoms with Crippen molar-refractivity contribution in [1.29, 1.82) is 0 Å². The molecule has 158 valence electrons. The van der Waals surface area contributed by atoms with Crippen molar-refractivity contribution in [2.75, 3.05) is 18.4 Å². The van der Waals surface area contributed by atoms with Crippen LogP contribution in [0.4, 0.5) is 5.69 Å². The number of anilines is 1. The van der Waals surface area contributed by atoms with Gasteiger partial charge in [0, 0.05) is 54.1 Å². The van der Waals surface area contributed by atoms with Crippen LogP contribution in [0.15, 0.2) is 61.1 Å². The summed E-state index contributed by atoms with van der Waals surface area (Å²) < 4.78 is 2.19. The van der Waals surface area contributed by atoms with Gasteiger partial charge in [0.1, 0.15) is 5.37 Å². The molecule has 6 nitrogen and oxygen atoms in total. The maximum Gasteiger partial charge on any atom is 0.255 e. The van der Waals surface area contributed by atoms with Crippen molar-refractivity contribution in [2.45, 2.75) is 30.4 Å². The lowest BCUT2D eigenvalue weighted by atomic mass is 10.1. The Balaban J connectivity index is 1.32. The molecule has 3 aromatic rings. The number of aromatic nitrogens is 2. The monoisotopic (exact) mass is 432 g/mol. The molecule has 0 saturated carbocycles. The lowest BCUT2D eigenvalue weighted by molar-refractivity contribution is 0.0724. The van der Waals surface area contributed by atoms with Crippen molar-refractivity contribution >= 4 is 29.3 Å². The van der Waals surface area contributed by atoms with E-state index in [0.29, 0.717) is 11.1 Å². The Morgan fingerprint density at radius 2 is 1.87 bits per heavy atom. The maximum absolute atomic E-state index is 13.0. The average Bonchev–Trinajstić information content (AvgIpc) is 3.43. The van der Waals surface area contributed by atoms with Crippen molar-refractivity contribution in [2.24, 2.45) is 0 Å². The summed E-state index contributed by atoms with van der Waals surface area (Å²) in [5.74, 6) is 0.627. The second kappa shape index (κ2) is 8.59. The van der Waals surface area contributed by atoms with Gasteiger partial charge in [0.25, 0.3) is 11.8 Å². The predicted octanol–water partition coefficient (Wildman–Crippen LogP) is 4.56. The van der Waals surface area contributed by atoms with Gasteiger partial charge in [-0.25, -0.2) is 0 Å². The number of nitrogens with zero attached hydrogens (tertiary/aromatic N) is 3. The van der Waals surface area contributed by atoms with Crippen molar-refractivity contribution in [3.63, 3.8) is 0 Å². The van der Waals surface area contributed by atoms with E-state index < -0.39 is 0 Å². The highest BCUT2D eigenvalue weighted by Gasteiger charge is 2.27. The number of benzene rings is 1. The average molecular weight is 433 g/mol. The van der Waals surface area contributed by atoms with E-state index in [1.165, 1.54) is 6.42 Å². The van der Waals surface area contributed by atoms with E-state index in [1.807, 2.05) is 41.2 Å². The van der Waals surface area contributed by atoms with Crippen LogP contribution >= 0.6 is 11.8 Å². The molecular formula is C24H24N4O2S. The van der Waals surface area contributed by atoms with Crippen LogP contribution in [0.1, 0.15) is 56.6 Å². The topological polar surface area (TPSA) is 67.2 Å². The number of thioether (sulfide) groups is 1.